The number of ether oxygens (including phenoxy) is 1. The quantitative estimate of drug-likeness (QED) is 0.889. The van der Waals surface area contributed by atoms with E-state index in [2.05, 4.69) is 34.5 Å². The van der Waals surface area contributed by atoms with Crippen LogP contribution in [0.25, 0.3) is 0 Å². The third-order valence-corrected chi connectivity index (χ3v) is 4.38. The molecule has 0 saturated carbocycles. The molecule has 114 valence electrons. The van der Waals surface area contributed by atoms with Crippen molar-refractivity contribution in [1.82, 2.24) is 15.3 Å². The lowest BCUT2D eigenvalue weighted by Crippen LogP contribution is -2.24. The van der Waals surface area contributed by atoms with Crippen LogP contribution in [-0.4, -0.2) is 23.6 Å². The first-order chi connectivity index (χ1) is 10.1. The van der Waals surface area contributed by atoms with Crippen LogP contribution in [0.2, 0.25) is 0 Å². The summed E-state index contributed by atoms with van der Waals surface area (Å²) in [6, 6.07) is 0.193. The average Bonchev–Trinajstić information content (AvgIpc) is 2.88. The molecule has 0 amide bonds. The van der Waals surface area contributed by atoms with E-state index in [4.69, 9.17) is 4.74 Å². The van der Waals surface area contributed by atoms with Gasteiger partial charge in [-0.2, -0.15) is 0 Å². The van der Waals surface area contributed by atoms with Crippen molar-refractivity contribution >= 4 is 11.3 Å². The molecule has 21 heavy (non-hydrogen) atoms. The fourth-order valence-electron chi connectivity index (χ4n) is 2.54. The van der Waals surface area contributed by atoms with Gasteiger partial charge in [-0.1, -0.05) is 6.92 Å². The minimum atomic E-state index is 0.193. The van der Waals surface area contributed by atoms with Gasteiger partial charge in [0.25, 0.3) is 0 Å². The molecule has 2 aromatic rings. The fraction of sp³-hybridized carbons (Fsp3) is 0.500. The SMILES string of the molecule is CCNC(Cc1ncc(C)c(OC)c1C)c1csc(C)n1. The smallest absolute Gasteiger partial charge is 0.128 e. The molecule has 0 aliphatic heterocycles. The van der Waals surface area contributed by atoms with E-state index in [0.29, 0.717) is 0 Å². The number of rotatable bonds is 6. The van der Waals surface area contributed by atoms with Crippen molar-refractivity contribution in [3.63, 3.8) is 0 Å². The van der Waals surface area contributed by atoms with E-state index in [-0.39, 0.29) is 6.04 Å². The van der Waals surface area contributed by atoms with Gasteiger partial charge in [-0.15, -0.1) is 11.3 Å². The van der Waals surface area contributed by atoms with Gasteiger partial charge in [-0.05, 0) is 27.3 Å². The number of thiazole rings is 1. The number of pyridine rings is 1. The van der Waals surface area contributed by atoms with E-state index in [1.54, 1.807) is 18.4 Å². The van der Waals surface area contributed by atoms with Gasteiger partial charge in [0, 0.05) is 34.8 Å². The Hall–Kier alpha value is -1.46. The Kier molecular flexibility index (Phi) is 5.31. The monoisotopic (exact) mass is 305 g/mol. The maximum atomic E-state index is 5.49. The van der Waals surface area contributed by atoms with E-state index in [9.17, 15) is 0 Å². The van der Waals surface area contributed by atoms with E-state index >= 15 is 0 Å². The molecule has 1 atom stereocenters. The number of likely N-dealkylation sites (N-methyl/N-ethyl adjacent to an activating group) is 1. The summed E-state index contributed by atoms with van der Waals surface area (Å²) in [5.41, 5.74) is 4.35. The van der Waals surface area contributed by atoms with Crippen molar-refractivity contribution < 1.29 is 4.74 Å². The molecule has 0 bridgehead atoms. The lowest BCUT2D eigenvalue weighted by Gasteiger charge is -2.18. The number of methoxy groups -OCH3 is 1. The summed E-state index contributed by atoms with van der Waals surface area (Å²) in [5, 5.41) is 6.73. The second-order valence-electron chi connectivity index (χ2n) is 5.15. The summed E-state index contributed by atoms with van der Waals surface area (Å²) in [6.45, 7) is 9.15. The van der Waals surface area contributed by atoms with Crippen LogP contribution in [0.3, 0.4) is 0 Å². The third kappa shape index (κ3) is 3.60. The number of hydrogen-bond acceptors (Lipinski definition) is 5. The van der Waals surface area contributed by atoms with Crippen molar-refractivity contribution in [2.75, 3.05) is 13.7 Å². The van der Waals surface area contributed by atoms with Gasteiger partial charge in [0.15, 0.2) is 0 Å². The second kappa shape index (κ2) is 7.00. The zero-order valence-corrected chi connectivity index (χ0v) is 14.2. The topological polar surface area (TPSA) is 47.0 Å². The molecular weight excluding hydrogens is 282 g/mol. The number of hydrogen-bond donors (Lipinski definition) is 1. The van der Waals surface area contributed by atoms with Crippen molar-refractivity contribution in [1.29, 1.82) is 0 Å². The second-order valence-corrected chi connectivity index (χ2v) is 6.21. The molecule has 4 nitrogen and oxygen atoms in total. The Morgan fingerprint density at radius 2 is 2.10 bits per heavy atom. The van der Waals surface area contributed by atoms with Crippen molar-refractivity contribution in [3.05, 3.63) is 39.1 Å². The van der Waals surface area contributed by atoms with Gasteiger partial charge < -0.3 is 10.1 Å². The number of aromatic nitrogens is 2. The highest BCUT2D eigenvalue weighted by Crippen LogP contribution is 2.27. The van der Waals surface area contributed by atoms with E-state index in [1.807, 2.05) is 20.0 Å². The van der Waals surface area contributed by atoms with E-state index < -0.39 is 0 Å². The third-order valence-electron chi connectivity index (χ3n) is 3.59. The lowest BCUT2D eigenvalue weighted by atomic mass is 10.0. The first-order valence-corrected chi connectivity index (χ1v) is 8.09. The molecule has 5 heteroatoms. The molecule has 2 rings (SSSR count). The molecule has 0 aliphatic carbocycles. The Morgan fingerprint density at radius 3 is 2.67 bits per heavy atom. The highest BCUT2D eigenvalue weighted by atomic mass is 32.1. The minimum Gasteiger partial charge on any atom is -0.496 e. The average molecular weight is 305 g/mol. The molecule has 2 aromatic heterocycles. The summed E-state index contributed by atoms with van der Waals surface area (Å²) in [4.78, 5) is 9.21. The Bertz CT molecular complexity index is 610. The van der Waals surface area contributed by atoms with Gasteiger partial charge in [0.2, 0.25) is 0 Å². The summed E-state index contributed by atoms with van der Waals surface area (Å²) < 4.78 is 5.49. The summed E-state index contributed by atoms with van der Waals surface area (Å²) in [6.07, 6.45) is 2.70. The van der Waals surface area contributed by atoms with Crippen LogP contribution < -0.4 is 10.1 Å². The van der Waals surface area contributed by atoms with Crippen LogP contribution in [0.15, 0.2) is 11.6 Å². The molecule has 0 saturated heterocycles. The first kappa shape index (κ1) is 15.9. The van der Waals surface area contributed by atoms with Crippen LogP contribution in [0, 0.1) is 20.8 Å². The predicted molar refractivity (Wildman–Crippen MR) is 87.2 cm³/mol. The van der Waals surface area contributed by atoms with Crippen LogP contribution in [-0.2, 0) is 6.42 Å². The lowest BCUT2D eigenvalue weighted by molar-refractivity contribution is 0.406. The van der Waals surface area contributed by atoms with Crippen molar-refractivity contribution in [3.8, 4) is 5.75 Å². The summed E-state index contributed by atoms with van der Waals surface area (Å²) in [7, 11) is 1.71. The molecule has 1 N–H and O–H groups in total. The van der Waals surface area contributed by atoms with Crippen LogP contribution in [0.5, 0.6) is 5.75 Å². The van der Waals surface area contributed by atoms with Gasteiger partial charge in [0.1, 0.15) is 5.75 Å². The van der Waals surface area contributed by atoms with Crippen LogP contribution in [0.1, 0.15) is 40.5 Å². The molecule has 0 fully saturated rings. The Labute approximate surface area is 130 Å². The molecule has 0 aliphatic rings. The Balaban J connectivity index is 2.29. The van der Waals surface area contributed by atoms with Gasteiger partial charge in [0.05, 0.1) is 23.9 Å². The standard InChI is InChI=1S/C16H23N3OS/c1-6-17-14(15-9-21-12(4)19-15)7-13-11(3)16(20-5)10(2)8-18-13/h8-9,14,17H,6-7H2,1-5H3. The summed E-state index contributed by atoms with van der Waals surface area (Å²) in [5.74, 6) is 0.935. The number of aryl methyl sites for hydroxylation is 2. The largest absolute Gasteiger partial charge is 0.496 e. The maximum Gasteiger partial charge on any atom is 0.128 e. The normalized spacial score (nSPS) is 12.4. The molecule has 0 spiro atoms. The Morgan fingerprint density at radius 1 is 1.33 bits per heavy atom. The van der Waals surface area contributed by atoms with Crippen molar-refractivity contribution in [2.24, 2.45) is 0 Å². The highest BCUT2D eigenvalue weighted by Gasteiger charge is 2.18. The fourth-order valence-corrected chi connectivity index (χ4v) is 3.20. The summed E-state index contributed by atoms with van der Waals surface area (Å²) >= 11 is 1.69. The molecule has 0 aromatic carbocycles. The molecule has 2 heterocycles. The number of nitrogens with one attached hydrogen (secondary N) is 1. The zero-order chi connectivity index (χ0) is 15.4. The molecular formula is C16H23N3OS. The minimum absolute atomic E-state index is 0.193. The van der Waals surface area contributed by atoms with E-state index in [1.165, 1.54) is 0 Å². The highest BCUT2D eigenvalue weighted by molar-refractivity contribution is 7.09. The molecule has 1 unspecified atom stereocenters. The number of nitrogens with zero attached hydrogens (tertiary/aromatic N) is 2. The van der Waals surface area contributed by atoms with Crippen LogP contribution in [0.4, 0.5) is 0 Å². The zero-order valence-electron chi connectivity index (χ0n) is 13.4. The van der Waals surface area contributed by atoms with Gasteiger partial charge in [-0.25, -0.2) is 4.98 Å². The van der Waals surface area contributed by atoms with Gasteiger partial charge >= 0.3 is 0 Å². The molecule has 0 radical (unpaired) electrons. The predicted octanol–water partition coefficient (Wildman–Crippen LogP) is 3.37. The van der Waals surface area contributed by atoms with Crippen LogP contribution >= 0.6 is 11.3 Å². The van der Waals surface area contributed by atoms with Crippen molar-refractivity contribution in [2.45, 2.75) is 40.2 Å². The van der Waals surface area contributed by atoms with Gasteiger partial charge in [-0.3, -0.25) is 4.98 Å². The first-order valence-electron chi connectivity index (χ1n) is 7.21. The van der Waals surface area contributed by atoms with E-state index in [0.717, 1.165) is 46.2 Å². The maximum absolute atomic E-state index is 5.49.